The number of nitrogens with zero attached hydrogens (tertiary/aromatic N) is 2. The predicted molar refractivity (Wildman–Crippen MR) is 88.3 cm³/mol. The first-order valence-corrected chi connectivity index (χ1v) is 7.79. The van der Waals surface area contributed by atoms with Gasteiger partial charge in [0.1, 0.15) is 5.82 Å². The van der Waals surface area contributed by atoms with E-state index >= 15 is 0 Å². The van der Waals surface area contributed by atoms with Crippen LogP contribution in [-0.2, 0) is 24.3 Å². The largest absolute Gasteiger partial charge is 0.348 e. The van der Waals surface area contributed by atoms with Crippen LogP contribution in [0, 0.1) is 5.41 Å². The summed E-state index contributed by atoms with van der Waals surface area (Å²) >= 11 is 0. The molecular formula is C18H25N3O. The smallest absolute Gasteiger partial charge is 0.225 e. The number of nitrogens with one attached hydrogen (secondary N) is 1. The summed E-state index contributed by atoms with van der Waals surface area (Å²) in [5.41, 5.74) is 0.982. The van der Waals surface area contributed by atoms with Gasteiger partial charge >= 0.3 is 0 Å². The van der Waals surface area contributed by atoms with Crippen LogP contribution in [0.15, 0.2) is 42.7 Å². The number of hydrogen-bond donors (Lipinski definition) is 1. The summed E-state index contributed by atoms with van der Waals surface area (Å²) in [4.78, 5) is 16.3. The van der Waals surface area contributed by atoms with Crippen molar-refractivity contribution in [1.29, 1.82) is 0 Å². The van der Waals surface area contributed by atoms with Gasteiger partial charge in [0.05, 0.1) is 6.54 Å². The van der Waals surface area contributed by atoms with Crippen LogP contribution in [0.2, 0.25) is 0 Å². The zero-order chi connectivity index (χ0) is 16.0. The van der Waals surface area contributed by atoms with E-state index in [-0.39, 0.29) is 11.3 Å². The van der Waals surface area contributed by atoms with E-state index in [2.05, 4.69) is 39.1 Å². The van der Waals surface area contributed by atoms with Crippen LogP contribution >= 0.6 is 0 Å². The quantitative estimate of drug-likeness (QED) is 0.890. The van der Waals surface area contributed by atoms with Crippen molar-refractivity contribution in [2.75, 3.05) is 0 Å². The number of hydrogen-bond acceptors (Lipinski definition) is 2. The standard InChI is InChI=1S/C18H25N3O/c1-18(2,3)17(22)20-14-16-19-11-13-21(16)12-7-10-15-8-5-4-6-9-15/h4-6,8-9,11,13H,7,10,12,14H2,1-3H3,(H,20,22). The second kappa shape index (κ2) is 7.25. The Kier molecular flexibility index (Phi) is 5.36. The third-order valence-electron chi connectivity index (χ3n) is 3.60. The molecule has 0 spiro atoms. The van der Waals surface area contributed by atoms with Crippen LogP contribution in [0.5, 0.6) is 0 Å². The lowest BCUT2D eigenvalue weighted by molar-refractivity contribution is -0.128. The summed E-state index contributed by atoms with van der Waals surface area (Å²) in [5.74, 6) is 0.956. The average Bonchev–Trinajstić information content (AvgIpc) is 2.92. The third-order valence-corrected chi connectivity index (χ3v) is 3.60. The molecular weight excluding hydrogens is 274 g/mol. The zero-order valence-electron chi connectivity index (χ0n) is 13.7. The number of carbonyl (C=O) groups is 1. The molecule has 1 heterocycles. The molecule has 0 fully saturated rings. The summed E-state index contributed by atoms with van der Waals surface area (Å²) < 4.78 is 2.12. The van der Waals surface area contributed by atoms with Crippen molar-refractivity contribution >= 4 is 5.91 Å². The Balaban J connectivity index is 1.83. The van der Waals surface area contributed by atoms with Crippen LogP contribution in [0.1, 0.15) is 38.6 Å². The van der Waals surface area contributed by atoms with Gasteiger partial charge in [0, 0.05) is 24.4 Å². The fourth-order valence-electron chi connectivity index (χ4n) is 2.23. The van der Waals surface area contributed by atoms with E-state index in [0.29, 0.717) is 6.54 Å². The van der Waals surface area contributed by atoms with E-state index in [1.165, 1.54) is 5.56 Å². The molecule has 22 heavy (non-hydrogen) atoms. The lowest BCUT2D eigenvalue weighted by Crippen LogP contribution is -2.35. The maximum absolute atomic E-state index is 11.9. The lowest BCUT2D eigenvalue weighted by atomic mass is 9.96. The third kappa shape index (κ3) is 4.72. The fourth-order valence-corrected chi connectivity index (χ4v) is 2.23. The van der Waals surface area contributed by atoms with Gasteiger partial charge in [0.25, 0.3) is 0 Å². The fraction of sp³-hybridized carbons (Fsp3) is 0.444. The highest BCUT2D eigenvalue weighted by Gasteiger charge is 2.21. The Hall–Kier alpha value is -2.10. The number of amides is 1. The van der Waals surface area contributed by atoms with Crippen LogP contribution in [-0.4, -0.2) is 15.5 Å². The van der Waals surface area contributed by atoms with Crippen molar-refractivity contribution in [3.8, 4) is 0 Å². The molecule has 0 atom stereocenters. The summed E-state index contributed by atoms with van der Waals surface area (Å²) in [7, 11) is 0. The Morgan fingerprint density at radius 3 is 2.64 bits per heavy atom. The summed E-state index contributed by atoms with van der Waals surface area (Å²) in [6, 6.07) is 10.5. The van der Waals surface area contributed by atoms with Crippen LogP contribution in [0.3, 0.4) is 0 Å². The van der Waals surface area contributed by atoms with Crippen LogP contribution in [0.25, 0.3) is 0 Å². The minimum absolute atomic E-state index is 0.0475. The van der Waals surface area contributed by atoms with Gasteiger partial charge in [-0.25, -0.2) is 4.98 Å². The topological polar surface area (TPSA) is 46.9 Å². The Labute approximate surface area is 132 Å². The molecule has 4 nitrogen and oxygen atoms in total. The molecule has 1 N–H and O–H groups in total. The Bertz CT molecular complexity index is 596. The van der Waals surface area contributed by atoms with Crippen molar-refractivity contribution in [3.05, 3.63) is 54.1 Å². The van der Waals surface area contributed by atoms with E-state index in [1.54, 1.807) is 6.20 Å². The van der Waals surface area contributed by atoms with Gasteiger partial charge in [-0.05, 0) is 18.4 Å². The van der Waals surface area contributed by atoms with Crippen molar-refractivity contribution in [2.24, 2.45) is 5.41 Å². The average molecular weight is 299 g/mol. The minimum Gasteiger partial charge on any atom is -0.348 e. The van der Waals surface area contributed by atoms with Crippen molar-refractivity contribution in [2.45, 2.75) is 46.7 Å². The lowest BCUT2D eigenvalue weighted by Gasteiger charge is -2.17. The zero-order valence-corrected chi connectivity index (χ0v) is 13.7. The summed E-state index contributed by atoms with van der Waals surface area (Å²) in [5, 5.41) is 2.95. The molecule has 1 amide bonds. The minimum atomic E-state index is -0.370. The molecule has 0 aliphatic heterocycles. The number of benzene rings is 1. The van der Waals surface area contributed by atoms with Gasteiger partial charge < -0.3 is 9.88 Å². The number of rotatable bonds is 6. The maximum Gasteiger partial charge on any atom is 0.225 e. The highest BCUT2D eigenvalue weighted by Crippen LogP contribution is 2.13. The van der Waals surface area contributed by atoms with E-state index in [0.717, 1.165) is 25.2 Å². The first-order valence-electron chi connectivity index (χ1n) is 7.79. The molecule has 4 heteroatoms. The number of carbonyl (C=O) groups excluding carboxylic acids is 1. The molecule has 1 aromatic heterocycles. The molecule has 0 bridgehead atoms. The second-order valence-electron chi connectivity index (χ2n) is 6.56. The summed E-state index contributed by atoms with van der Waals surface area (Å²) in [6.07, 6.45) is 5.87. The molecule has 0 saturated heterocycles. The van der Waals surface area contributed by atoms with Gasteiger partial charge in [-0.3, -0.25) is 4.79 Å². The van der Waals surface area contributed by atoms with E-state index in [1.807, 2.05) is 33.0 Å². The van der Waals surface area contributed by atoms with Crippen molar-refractivity contribution in [1.82, 2.24) is 14.9 Å². The first kappa shape index (κ1) is 16.3. The molecule has 0 aliphatic rings. The number of aryl methyl sites for hydroxylation is 2. The molecule has 0 aliphatic carbocycles. The SMILES string of the molecule is CC(C)(C)C(=O)NCc1nccn1CCCc1ccccc1. The molecule has 0 unspecified atom stereocenters. The summed E-state index contributed by atoms with van der Waals surface area (Å²) in [6.45, 7) is 7.13. The van der Waals surface area contributed by atoms with Gasteiger partial charge in [0.15, 0.2) is 0 Å². The first-order chi connectivity index (χ1) is 10.5. The van der Waals surface area contributed by atoms with E-state index in [4.69, 9.17) is 0 Å². The van der Waals surface area contributed by atoms with Gasteiger partial charge in [0.2, 0.25) is 5.91 Å². The number of imidazole rings is 1. The van der Waals surface area contributed by atoms with Crippen molar-refractivity contribution < 1.29 is 4.79 Å². The molecule has 2 aromatic rings. The highest BCUT2D eigenvalue weighted by atomic mass is 16.2. The van der Waals surface area contributed by atoms with Crippen LogP contribution in [0.4, 0.5) is 0 Å². The predicted octanol–water partition coefficient (Wildman–Crippen LogP) is 3.18. The monoisotopic (exact) mass is 299 g/mol. The molecule has 0 radical (unpaired) electrons. The molecule has 2 rings (SSSR count). The Morgan fingerprint density at radius 1 is 1.23 bits per heavy atom. The van der Waals surface area contributed by atoms with E-state index in [9.17, 15) is 4.79 Å². The van der Waals surface area contributed by atoms with E-state index < -0.39 is 0 Å². The van der Waals surface area contributed by atoms with Crippen molar-refractivity contribution in [3.63, 3.8) is 0 Å². The van der Waals surface area contributed by atoms with Gasteiger partial charge in [-0.2, -0.15) is 0 Å². The molecule has 118 valence electrons. The second-order valence-corrected chi connectivity index (χ2v) is 6.56. The van der Waals surface area contributed by atoms with Crippen LogP contribution < -0.4 is 5.32 Å². The molecule has 0 saturated carbocycles. The maximum atomic E-state index is 11.9. The molecule has 1 aromatic carbocycles. The van der Waals surface area contributed by atoms with Gasteiger partial charge in [-0.1, -0.05) is 51.1 Å². The normalized spacial score (nSPS) is 11.4. The van der Waals surface area contributed by atoms with Gasteiger partial charge in [-0.15, -0.1) is 0 Å². The highest BCUT2D eigenvalue weighted by molar-refractivity contribution is 5.81. The number of aromatic nitrogens is 2. The Morgan fingerprint density at radius 2 is 1.95 bits per heavy atom.